The molecule has 0 spiro atoms. The third-order valence-corrected chi connectivity index (χ3v) is 4.30. The highest BCUT2D eigenvalue weighted by Gasteiger charge is 2.53. The molecule has 0 unspecified atom stereocenters. The molecule has 8 nitrogen and oxygen atoms in total. The summed E-state index contributed by atoms with van der Waals surface area (Å²) in [5.74, 6) is -3.96. The van der Waals surface area contributed by atoms with Crippen LogP contribution in [-0.4, -0.2) is 29.2 Å². The molecular formula is C19H16N2O6. The van der Waals surface area contributed by atoms with Gasteiger partial charge in [-0.05, 0) is 24.6 Å². The van der Waals surface area contributed by atoms with Gasteiger partial charge in [-0.3, -0.25) is 29.4 Å². The number of benzene rings is 2. The normalized spacial score (nSPS) is 19.2. The van der Waals surface area contributed by atoms with Crippen LogP contribution in [0.1, 0.15) is 18.5 Å². The molecule has 0 aliphatic carbocycles. The second kappa shape index (κ2) is 7.36. The van der Waals surface area contributed by atoms with E-state index in [0.717, 1.165) is 0 Å². The maximum Gasteiger partial charge on any atom is 0.319 e. The van der Waals surface area contributed by atoms with Crippen LogP contribution >= 0.6 is 0 Å². The molecule has 0 saturated carbocycles. The number of nitro groups is 1. The topological polar surface area (TPSA) is 107 Å². The number of hydrogen-bond acceptors (Lipinski definition) is 6. The number of Topliss-reactive ketones (excluding diaryl/α,β-unsaturated/α-hetero) is 1. The van der Waals surface area contributed by atoms with Gasteiger partial charge in [0, 0.05) is 17.8 Å². The second-order valence-electron chi connectivity index (χ2n) is 5.90. The molecule has 0 radical (unpaired) electrons. The van der Waals surface area contributed by atoms with E-state index in [1.54, 1.807) is 43.3 Å². The standard InChI is InChI=1S/C19H16N2O6/c1-2-27-19(24)15-16(12-7-6-10-14(11-12)21(25)26)20(18(23)17(15)22)13-8-4-3-5-9-13/h3-11,15-16H,2H2,1H3/t15-,16+/m1/s1. The van der Waals surface area contributed by atoms with Gasteiger partial charge in [-0.15, -0.1) is 0 Å². The van der Waals surface area contributed by atoms with Crippen molar-refractivity contribution in [1.82, 2.24) is 0 Å². The van der Waals surface area contributed by atoms with E-state index in [1.807, 2.05) is 0 Å². The molecule has 2 aromatic rings. The molecule has 0 N–H and O–H groups in total. The number of carbonyl (C=O) groups is 3. The number of non-ortho nitro benzene ring substituents is 1. The van der Waals surface area contributed by atoms with E-state index in [9.17, 15) is 24.5 Å². The number of amides is 1. The van der Waals surface area contributed by atoms with E-state index in [4.69, 9.17) is 4.74 Å². The third-order valence-electron chi connectivity index (χ3n) is 4.30. The number of ketones is 1. The molecule has 1 fully saturated rings. The largest absolute Gasteiger partial charge is 0.465 e. The predicted molar refractivity (Wildman–Crippen MR) is 94.9 cm³/mol. The first-order chi connectivity index (χ1) is 13.0. The average molecular weight is 368 g/mol. The zero-order chi connectivity index (χ0) is 19.6. The van der Waals surface area contributed by atoms with Crippen LogP contribution in [0.2, 0.25) is 0 Å². The monoisotopic (exact) mass is 368 g/mol. The number of rotatable bonds is 5. The van der Waals surface area contributed by atoms with Crippen LogP contribution < -0.4 is 4.90 Å². The van der Waals surface area contributed by atoms with Crippen LogP contribution in [0, 0.1) is 16.0 Å². The van der Waals surface area contributed by atoms with Gasteiger partial charge >= 0.3 is 5.97 Å². The van der Waals surface area contributed by atoms with Crippen molar-refractivity contribution in [2.24, 2.45) is 5.92 Å². The number of para-hydroxylation sites is 1. The number of ether oxygens (including phenoxy) is 1. The minimum Gasteiger partial charge on any atom is -0.465 e. The van der Waals surface area contributed by atoms with Crippen LogP contribution in [0.4, 0.5) is 11.4 Å². The number of nitrogens with zero attached hydrogens (tertiary/aromatic N) is 2. The van der Waals surface area contributed by atoms with Crippen LogP contribution in [0.15, 0.2) is 54.6 Å². The first-order valence-electron chi connectivity index (χ1n) is 8.29. The molecule has 1 amide bonds. The average Bonchev–Trinajstić information content (AvgIpc) is 2.94. The van der Waals surface area contributed by atoms with Crippen LogP contribution in [0.5, 0.6) is 0 Å². The predicted octanol–water partition coefficient (Wildman–Crippen LogP) is 2.43. The summed E-state index contributed by atoms with van der Waals surface area (Å²) in [6, 6.07) is 12.9. The van der Waals surface area contributed by atoms with Crippen molar-refractivity contribution in [2.45, 2.75) is 13.0 Å². The quantitative estimate of drug-likeness (QED) is 0.264. The van der Waals surface area contributed by atoms with Gasteiger partial charge in [-0.1, -0.05) is 30.3 Å². The first kappa shape index (κ1) is 18.2. The molecule has 1 aliphatic heterocycles. The Morgan fingerprint density at radius 1 is 1.15 bits per heavy atom. The van der Waals surface area contributed by atoms with E-state index in [1.165, 1.54) is 23.1 Å². The van der Waals surface area contributed by atoms with Crippen molar-refractivity contribution in [3.63, 3.8) is 0 Å². The van der Waals surface area contributed by atoms with Crippen molar-refractivity contribution in [3.8, 4) is 0 Å². The maximum atomic E-state index is 12.7. The molecule has 8 heteroatoms. The van der Waals surface area contributed by atoms with Crippen molar-refractivity contribution in [3.05, 3.63) is 70.3 Å². The highest BCUT2D eigenvalue weighted by molar-refractivity contribution is 6.47. The minimum atomic E-state index is -1.39. The van der Waals surface area contributed by atoms with Gasteiger partial charge in [0.1, 0.15) is 5.92 Å². The van der Waals surface area contributed by atoms with Crippen molar-refractivity contribution in [1.29, 1.82) is 0 Å². The molecular weight excluding hydrogens is 352 g/mol. The Bertz CT molecular complexity index is 911. The fourth-order valence-corrected chi connectivity index (χ4v) is 3.17. The van der Waals surface area contributed by atoms with E-state index < -0.39 is 34.5 Å². The Kier molecular flexibility index (Phi) is 4.98. The number of carbonyl (C=O) groups excluding carboxylic acids is 3. The number of esters is 1. The lowest BCUT2D eigenvalue weighted by atomic mass is 9.92. The van der Waals surface area contributed by atoms with Gasteiger partial charge in [0.2, 0.25) is 5.78 Å². The van der Waals surface area contributed by atoms with E-state index in [-0.39, 0.29) is 12.3 Å². The summed E-state index contributed by atoms with van der Waals surface area (Å²) in [6.45, 7) is 1.64. The Hall–Kier alpha value is -3.55. The van der Waals surface area contributed by atoms with Gasteiger partial charge in [0.05, 0.1) is 17.6 Å². The number of anilines is 1. The summed E-state index contributed by atoms with van der Waals surface area (Å²) in [6.07, 6.45) is 0. The van der Waals surface area contributed by atoms with Crippen LogP contribution in [0.25, 0.3) is 0 Å². The molecule has 27 heavy (non-hydrogen) atoms. The molecule has 0 bridgehead atoms. The molecule has 1 saturated heterocycles. The van der Waals surface area contributed by atoms with Crippen LogP contribution in [-0.2, 0) is 19.1 Å². The van der Waals surface area contributed by atoms with Crippen molar-refractivity contribution >= 4 is 29.0 Å². The molecule has 2 aromatic carbocycles. The van der Waals surface area contributed by atoms with Gasteiger partial charge in [-0.25, -0.2) is 0 Å². The van der Waals surface area contributed by atoms with Gasteiger partial charge < -0.3 is 4.74 Å². The fourth-order valence-electron chi connectivity index (χ4n) is 3.17. The lowest BCUT2D eigenvalue weighted by Gasteiger charge is -2.26. The highest BCUT2D eigenvalue weighted by Crippen LogP contribution is 2.40. The smallest absolute Gasteiger partial charge is 0.319 e. The SMILES string of the molecule is CCOC(=O)[C@H]1C(=O)C(=O)N(c2ccccc2)[C@H]1c1cccc([N+](=O)[O-])c1. The van der Waals surface area contributed by atoms with Crippen molar-refractivity contribution in [2.75, 3.05) is 11.5 Å². The Labute approximate surface area is 154 Å². The summed E-state index contributed by atoms with van der Waals surface area (Å²) in [5.41, 5.74) is 0.527. The molecule has 1 aliphatic rings. The molecule has 2 atom stereocenters. The summed E-state index contributed by atoms with van der Waals surface area (Å²) in [7, 11) is 0. The highest BCUT2D eigenvalue weighted by atomic mass is 16.6. The van der Waals surface area contributed by atoms with Crippen molar-refractivity contribution < 1.29 is 24.0 Å². The summed E-state index contributed by atoms with van der Waals surface area (Å²) >= 11 is 0. The number of hydrogen-bond donors (Lipinski definition) is 0. The van der Waals surface area contributed by atoms with E-state index >= 15 is 0 Å². The maximum absolute atomic E-state index is 12.7. The summed E-state index contributed by atoms with van der Waals surface area (Å²) in [5, 5.41) is 11.1. The summed E-state index contributed by atoms with van der Waals surface area (Å²) < 4.78 is 4.99. The van der Waals surface area contributed by atoms with Gasteiger partial charge in [0.15, 0.2) is 0 Å². The molecule has 1 heterocycles. The fraction of sp³-hybridized carbons (Fsp3) is 0.211. The number of nitro benzene ring substituents is 1. The van der Waals surface area contributed by atoms with Crippen LogP contribution in [0.3, 0.4) is 0 Å². The first-order valence-corrected chi connectivity index (χ1v) is 8.29. The Morgan fingerprint density at radius 3 is 2.48 bits per heavy atom. The Balaban J connectivity index is 2.16. The molecule has 138 valence electrons. The third kappa shape index (κ3) is 3.29. The van der Waals surface area contributed by atoms with Gasteiger partial charge in [-0.2, -0.15) is 0 Å². The second-order valence-corrected chi connectivity index (χ2v) is 5.90. The zero-order valence-corrected chi connectivity index (χ0v) is 14.4. The minimum absolute atomic E-state index is 0.0454. The van der Waals surface area contributed by atoms with E-state index in [0.29, 0.717) is 11.3 Å². The Morgan fingerprint density at radius 2 is 1.85 bits per heavy atom. The summed E-state index contributed by atoms with van der Waals surface area (Å²) in [4.78, 5) is 49.4. The molecule has 3 rings (SSSR count). The molecule has 0 aromatic heterocycles. The lowest BCUT2D eigenvalue weighted by molar-refractivity contribution is -0.384. The zero-order valence-electron chi connectivity index (χ0n) is 14.4. The van der Waals surface area contributed by atoms with Gasteiger partial charge in [0.25, 0.3) is 11.6 Å². The van der Waals surface area contributed by atoms with E-state index in [2.05, 4.69) is 0 Å². The lowest BCUT2D eigenvalue weighted by Crippen LogP contribution is -2.31.